The van der Waals surface area contributed by atoms with Crippen LogP contribution in [-0.2, 0) is 23.7 Å². The van der Waals surface area contributed by atoms with Crippen molar-refractivity contribution < 1.29 is 38.7 Å². The number of ether oxygens (including phenoxy) is 5. The summed E-state index contributed by atoms with van der Waals surface area (Å²) in [6.45, 7) is 3.55. The van der Waals surface area contributed by atoms with Crippen molar-refractivity contribution in [1.82, 2.24) is 4.98 Å². The van der Waals surface area contributed by atoms with Gasteiger partial charge in [0.2, 0.25) is 5.90 Å². The van der Waals surface area contributed by atoms with Gasteiger partial charge in [-0.2, -0.15) is 0 Å². The predicted molar refractivity (Wildman–Crippen MR) is 97.5 cm³/mol. The van der Waals surface area contributed by atoms with Crippen molar-refractivity contribution in [3.63, 3.8) is 0 Å². The quantitative estimate of drug-likeness (QED) is 0.473. The second-order valence-electron chi connectivity index (χ2n) is 5.84. The van der Waals surface area contributed by atoms with Crippen LogP contribution < -0.4 is 9.84 Å². The first-order chi connectivity index (χ1) is 13.0. The molecule has 1 aromatic rings. The first-order valence-electron chi connectivity index (χ1n) is 8.37. The van der Waals surface area contributed by atoms with Crippen molar-refractivity contribution in [2.24, 2.45) is 4.99 Å². The molecule has 10 heteroatoms. The van der Waals surface area contributed by atoms with Gasteiger partial charge < -0.3 is 38.7 Å². The van der Waals surface area contributed by atoms with Crippen LogP contribution in [0.3, 0.4) is 0 Å². The Morgan fingerprint density at radius 3 is 2.50 bits per heavy atom. The molecule has 0 unspecified atom stereocenters. The van der Waals surface area contributed by atoms with Gasteiger partial charge in [-0.1, -0.05) is 7.43 Å². The average molecular weight is 399 g/mol. The zero-order valence-electron chi connectivity index (χ0n) is 15.3. The Hall–Kier alpha value is -2.43. The van der Waals surface area contributed by atoms with Crippen molar-refractivity contribution in [1.29, 1.82) is 0 Å². The van der Waals surface area contributed by atoms with E-state index in [0.29, 0.717) is 33.0 Å². The first-order valence-corrected chi connectivity index (χ1v) is 8.37. The standard InChI is InChI=1S/C17H24N2O8.CH4/c1-17(16(21)22)11-27-15(19-17)13-14(20)12(3-4-18-13)26-10-9-25-8-7-24-6-5-23-2;/h3-4,20H,5-11H2,1-2H3,(H,21,22);1H4/p-1/t17-;/m1./s1. The number of aromatic hydroxyl groups is 1. The van der Waals surface area contributed by atoms with Crippen molar-refractivity contribution in [2.45, 2.75) is 19.9 Å². The van der Waals surface area contributed by atoms with Gasteiger partial charge >= 0.3 is 0 Å². The van der Waals surface area contributed by atoms with Crippen molar-refractivity contribution in [2.75, 3.05) is 53.4 Å². The Balaban J connectivity index is 0.00000392. The summed E-state index contributed by atoms with van der Waals surface area (Å²) in [4.78, 5) is 19.1. The van der Waals surface area contributed by atoms with E-state index in [-0.39, 0.29) is 43.7 Å². The molecule has 10 nitrogen and oxygen atoms in total. The van der Waals surface area contributed by atoms with Gasteiger partial charge in [0.1, 0.15) is 18.8 Å². The van der Waals surface area contributed by atoms with Crippen molar-refractivity contribution >= 4 is 11.9 Å². The van der Waals surface area contributed by atoms with Gasteiger partial charge in [0.15, 0.2) is 17.2 Å². The van der Waals surface area contributed by atoms with E-state index < -0.39 is 11.5 Å². The predicted octanol–water partition coefficient (Wildman–Crippen LogP) is -0.233. The summed E-state index contributed by atoms with van der Waals surface area (Å²) in [5.74, 6) is -1.57. The second-order valence-corrected chi connectivity index (χ2v) is 5.84. The SMILES string of the molecule is C.COCCOCCOCCOc1ccnc(C2=N[C@@](C)(C(=O)[O-])CO2)c1O. The molecule has 0 spiro atoms. The fourth-order valence-corrected chi connectivity index (χ4v) is 2.11. The summed E-state index contributed by atoms with van der Waals surface area (Å²) in [5.41, 5.74) is -1.51. The number of aromatic nitrogens is 1. The Morgan fingerprint density at radius 2 is 1.89 bits per heavy atom. The first kappa shape index (κ1) is 23.6. The molecule has 0 aromatic carbocycles. The zero-order valence-corrected chi connectivity index (χ0v) is 15.3. The molecule has 1 atom stereocenters. The average Bonchev–Trinajstić information content (AvgIpc) is 3.05. The Kier molecular flexibility index (Phi) is 9.63. The summed E-state index contributed by atoms with van der Waals surface area (Å²) in [7, 11) is 1.60. The minimum absolute atomic E-state index is 0. The number of nitrogens with zero attached hydrogens (tertiary/aromatic N) is 2. The lowest BCUT2D eigenvalue weighted by atomic mass is 10.1. The van der Waals surface area contributed by atoms with E-state index in [1.165, 1.54) is 19.2 Å². The molecule has 1 aromatic heterocycles. The molecule has 0 aliphatic carbocycles. The molecule has 0 bridgehead atoms. The van der Waals surface area contributed by atoms with Crippen molar-refractivity contribution in [3.05, 3.63) is 18.0 Å². The summed E-state index contributed by atoms with van der Waals surface area (Å²) < 4.78 is 26.2. The number of hydrogen-bond donors (Lipinski definition) is 1. The summed E-state index contributed by atoms with van der Waals surface area (Å²) in [6, 6.07) is 1.47. The fraction of sp³-hybridized carbons (Fsp3) is 0.611. The number of carbonyl (C=O) groups is 1. The highest BCUT2D eigenvalue weighted by Crippen LogP contribution is 2.31. The van der Waals surface area contributed by atoms with Crippen LogP contribution in [0, 0.1) is 0 Å². The van der Waals surface area contributed by atoms with Gasteiger partial charge in [-0.05, 0) is 6.92 Å². The maximum absolute atomic E-state index is 11.1. The lowest BCUT2D eigenvalue weighted by Gasteiger charge is -2.18. The third-order valence-corrected chi connectivity index (χ3v) is 3.66. The molecular formula is C18H27N2O8-. The number of aliphatic imine (C=N–C) groups is 1. The van der Waals surface area contributed by atoms with E-state index in [9.17, 15) is 15.0 Å². The van der Waals surface area contributed by atoms with Crippen LogP contribution in [0.2, 0.25) is 0 Å². The molecule has 158 valence electrons. The lowest BCUT2D eigenvalue weighted by Crippen LogP contribution is -2.45. The van der Waals surface area contributed by atoms with Gasteiger partial charge in [-0.25, -0.2) is 9.98 Å². The molecule has 0 radical (unpaired) electrons. The molecular weight excluding hydrogens is 372 g/mol. The molecule has 0 saturated carbocycles. The van der Waals surface area contributed by atoms with E-state index in [0.717, 1.165) is 0 Å². The number of carboxylic acid groups (broad SMARTS) is 1. The fourth-order valence-electron chi connectivity index (χ4n) is 2.11. The molecule has 28 heavy (non-hydrogen) atoms. The summed E-state index contributed by atoms with van der Waals surface area (Å²) >= 11 is 0. The van der Waals surface area contributed by atoms with Crippen LogP contribution in [0.25, 0.3) is 0 Å². The van der Waals surface area contributed by atoms with E-state index in [2.05, 4.69) is 9.98 Å². The zero-order chi connectivity index (χ0) is 19.7. The second kappa shape index (κ2) is 11.4. The van der Waals surface area contributed by atoms with E-state index >= 15 is 0 Å². The smallest absolute Gasteiger partial charge is 0.240 e. The highest BCUT2D eigenvalue weighted by molar-refractivity contribution is 5.99. The number of carbonyl (C=O) groups excluding carboxylic acids is 1. The highest BCUT2D eigenvalue weighted by Gasteiger charge is 2.35. The van der Waals surface area contributed by atoms with Gasteiger partial charge in [0.25, 0.3) is 0 Å². The third kappa shape index (κ3) is 6.32. The van der Waals surface area contributed by atoms with Crippen LogP contribution in [0.4, 0.5) is 0 Å². The van der Waals surface area contributed by atoms with Crippen LogP contribution in [0.1, 0.15) is 20.0 Å². The Morgan fingerprint density at radius 1 is 1.25 bits per heavy atom. The monoisotopic (exact) mass is 399 g/mol. The Bertz CT molecular complexity index is 667. The van der Waals surface area contributed by atoms with E-state index in [1.807, 2.05) is 0 Å². The Labute approximate surface area is 164 Å². The molecule has 1 aliphatic heterocycles. The lowest BCUT2D eigenvalue weighted by molar-refractivity contribution is -0.312. The van der Waals surface area contributed by atoms with Crippen LogP contribution >= 0.6 is 0 Å². The summed E-state index contributed by atoms with van der Waals surface area (Å²) in [6.07, 6.45) is 1.40. The molecule has 0 amide bonds. The van der Waals surface area contributed by atoms with Gasteiger partial charge in [-0.15, -0.1) is 0 Å². The largest absolute Gasteiger partial charge is 0.547 e. The normalized spacial score (nSPS) is 18.1. The minimum Gasteiger partial charge on any atom is -0.547 e. The van der Waals surface area contributed by atoms with Crippen LogP contribution in [-0.4, -0.2) is 80.9 Å². The summed E-state index contributed by atoms with van der Waals surface area (Å²) in [5, 5.41) is 21.4. The number of rotatable bonds is 12. The van der Waals surface area contributed by atoms with Gasteiger partial charge in [0, 0.05) is 19.4 Å². The maximum atomic E-state index is 11.1. The highest BCUT2D eigenvalue weighted by atomic mass is 16.6. The molecule has 2 rings (SSSR count). The van der Waals surface area contributed by atoms with E-state index in [4.69, 9.17) is 23.7 Å². The number of pyridine rings is 1. The molecule has 1 N–H and O–H groups in total. The van der Waals surface area contributed by atoms with E-state index in [1.54, 1.807) is 7.11 Å². The third-order valence-electron chi connectivity index (χ3n) is 3.66. The van der Waals surface area contributed by atoms with Crippen LogP contribution in [0.15, 0.2) is 17.3 Å². The number of hydrogen-bond acceptors (Lipinski definition) is 10. The molecule has 2 heterocycles. The number of aliphatic carboxylic acids is 1. The molecule has 1 aliphatic rings. The molecule has 0 fully saturated rings. The van der Waals surface area contributed by atoms with Crippen molar-refractivity contribution in [3.8, 4) is 11.5 Å². The number of carboxylic acids is 1. The number of methoxy groups -OCH3 is 1. The molecule has 0 saturated heterocycles. The topological polar surface area (TPSA) is 132 Å². The van der Waals surface area contributed by atoms with Crippen LogP contribution in [0.5, 0.6) is 11.5 Å². The minimum atomic E-state index is -1.51. The maximum Gasteiger partial charge on any atom is 0.240 e. The van der Waals surface area contributed by atoms with Gasteiger partial charge in [0.05, 0.1) is 39.0 Å². The van der Waals surface area contributed by atoms with Gasteiger partial charge in [-0.3, -0.25) is 0 Å².